The maximum atomic E-state index is 12.5. The summed E-state index contributed by atoms with van der Waals surface area (Å²) in [5.74, 6) is 0.335. The summed E-state index contributed by atoms with van der Waals surface area (Å²) in [5.41, 5.74) is 0.549. The van der Waals surface area contributed by atoms with Gasteiger partial charge in [0.15, 0.2) is 5.76 Å². The second-order valence-electron chi connectivity index (χ2n) is 5.61. The van der Waals surface area contributed by atoms with Crippen molar-refractivity contribution in [2.24, 2.45) is 0 Å². The highest BCUT2D eigenvalue weighted by Crippen LogP contribution is 2.22. The van der Waals surface area contributed by atoms with Crippen LogP contribution in [0, 0.1) is 6.92 Å². The Morgan fingerprint density at radius 3 is 3.00 bits per heavy atom. The summed E-state index contributed by atoms with van der Waals surface area (Å²) in [7, 11) is 0. The Bertz CT molecular complexity index is 721. The zero-order valence-corrected chi connectivity index (χ0v) is 13.2. The van der Waals surface area contributed by atoms with Gasteiger partial charge in [-0.05, 0) is 19.1 Å². The molecule has 8 heteroatoms. The van der Waals surface area contributed by atoms with E-state index in [1.807, 2.05) is 0 Å². The molecule has 2 aromatic heterocycles. The van der Waals surface area contributed by atoms with Gasteiger partial charge in [-0.3, -0.25) is 9.59 Å². The summed E-state index contributed by atoms with van der Waals surface area (Å²) in [6.07, 6.45) is 1.03. The van der Waals surface area contributed by atoms with E-state index in [9.17, 15) is 9.59 Å². The molecule has 8 nitrogen and oxygen atoms in total. The largest absolute Gasteiger partial charge is 0.481 e. The van der Waals surface area contributed by atoms with Gasteiger partial charge in [0, 0.05) is 13.1 Å². The van der Waals surface area contributed by atoms with E-state index in [4.69, 9.17) is 18.7 Å². The van der Waals surface area contributed by atoms with Crippen molar-refractivity contribution < 1.29 is 28.3 Å². The number of carbonyl (C=O) groups excluding carboxylic acids is 1. The molecule has 0 radical (unpaired) electrons. The minimum atomic E-state index is -0.940. The molecule has 1 aliphatic rings. The molecule has 1 N–H and O–H groups in total. The lowest BCUT2D eigenvalue weighted by Gasteiger charge is -2.32. The summed E-state index contributed by atoms with van der Waals surface area (Å²) in [4.78, 5) is 29.2. The number of ether oxygens (including phenoxy) is 1. The molecule has 128 valence electrons. The van der Waals surface area contributed by atoms with Crippen LogP contribution in [0.4, 0.5) is 0 Å². The van der Waals surface area contributed by atoms with Crippen LogP contribution in [0.2, 0.25) is 0 Å². The Morgan fingerprint density at radius 2 is 2.29 bits per heavy atom. The van der Waals surface area contributed by atoms with Crippen molar-refractivity contribution in [2.75, 3.05) is 19.7 Å². The van der Waals surface area contributed by atoms with Crippen molar-refractivity contribution in [2.45, 2.75) is 25.9 Å². The number of aromatic nitrogens is 1. The summed E-state index contributed by atoms with van der Waals surface area (Å²) < 4.78 is 16.2. The first-order valence-electron chi connectivity index (χ1n) is 7.64. The monoisotopic (exact) mass is 334 g/mol. The molecular formula is C16H18N2O6. The summed E-state index contributed by atoms with van der Waals surface area (Å²) in [6.45, 7) is 2.79. The smallest absolute Gasteiger partial charge is 0.306 e. The van der Waals surface area contributed by atoms with Crippen molar-refractivity contribution in [1.29, 1.82) is 0 Å². The quantitative estimate of drug-likeness (QED) is 0.883. The maximum absolute atomic E-state index is 12.5. The summed E-state index contributed by atoms with van der Waals surface area (Å²) >= 11 is 0. The van der Waals surface area contributed by atoms with Crippen LogP contribution >= 0.6 is 0 Å². The lowest BCUT2D eigenvalue weighted by molar-refractivity contribution is -0.147. The van der Waals surface area contributed by atoms with Crippen molar-refractivity contribution >= 4 is 11.9 Å². The van der Waals surface area contributed by atoms with E-state index in [2.05, 4.69) is 4.98 Å². The van der Waals surface area contributed by atoms with Gasteiger partial charge in [0.1, 0.15) is 5.76 Å². The standard InChI is InChI=1S/C16H18N2O6/c1-10-12(17-16(24-10)13-3-2-5-23-13)8-14(19)18-4-6-22-11(9-18)7-15(20)21/h2-3,5,11H,4,6-9H2,1H3,(H,20,21)/t11-/m1/s1. The maximum Gasteiger partial charge on any atom is 0.306 e. The normalized spacial score (nSPS) is 17.9. The molecule has 0 aliphatic carbocycles. The van der Waals surface area contributed by atoms with Crippen molar-refractivity contribution in [3.63, 3.8) is 0 Å². The van der Waals surface area contributed by atoms with Crippen LogP contribution in [0.25, 0.3) is 11.7 Å². The second kappa shape index (κ2) is 6.88. The van der Waals surface area contributed by atoms with Crippen molar-refractivity contribution in [3.05, 3.63) is 29.9 Å². The molecule has 0 unspecified atom stereocenters. The Labute approximate surface area is 138 Å². The Hall–Kier alpha value is -2.61. The molecule has 1 amide bonds. The predicted molar refractivity (Wildman–Crippen MR) is 81.2 cm³/mol. The van der Waals surface area contributed by atoms with Gasteiger partial charge in [0.05, 0.1) is 37.5 Å². The average molecular weight is 334 g/mol. The number of amides is 1. The van der Waals surface area contributed by atoms with Gasteiger partial charge >= 0.3 is 5.97 Å². The molecule has 0 bridgehead atoms. The van der Waals surface area contributed by atoms with Crippen LogP contribution in [0.1, 0.15) is 17.9 Å². The molecule has 1 atom stereocenters. The third-order valence-corrected chi connectivity index (χ3v) is 3.84. The summed E-state index contributed by atoms with van der Waals surface area (Å²) in [5, 5.41) is 8.84. The molecule has 24 heavy (non-hydrogen) atoms. The number of rotatable bonds is 5. The van der Waals surface area contributed by atoms with Crippen LogP contribution in [0.5, 0.6) is 0 Å². The van der Waals surface area contributed by atoms with Crippen LogP contribution in [0.15, 0.2) is 27.2 Å². The highest BCUT2D eigenvalue weighted by Gasteiger charge is 2.27. The molecule has 1 saturated heterocycles. The molecule has 1 fully saturated rings. The molecule has 3 rings (SSSR count). The Balaban J connectivity index is 1.65. The number of carboxylic acid groups (broad SMARTS) is 1. The van der Waals surface area contributed by atoms with Crippen LogP contribution in [-0.2, 0) is 20.7 Å². The minimum absolute atomic E-state index is 0.0931. The molecule has 1 aliphatic heterocycles. The Morgan fingerprint density at radius 1 is 1.46 bits per heavy atom. The predicted octanol–water partition coefficient (Wildman–Crippen LogP) is 1.49. The van der Waals surface area contributed by atoms with Crippen molar-refractivity contribution in [1.82, 2.24) is 9.88 Å². The molecule has 2 aromatic rings. The number of nitrogens with zero attached hydrogens (tertiary/aromatic N) is 2. The number of hydrogen-bond donors (Lipinski definition) is 1. The molecular weight excluding hydrogens is 316 g/mol. The molecule has 3 heterocycles. The van der Waals surface area contributed by atoms with E-state index >= 15 is 0 Å². The third kappa shape index (κ3) is 3.65. The Kier molecular flexibility index (Phi) is 4.66. The first kappa shape index (κ1) is 16.3. The first-order chi connectivity index (χ1) is 11.5. The van der Waals surface area contributed by atoms with Gasteiger partial charge < -0.3 is 23.6 Å². The molecule has 0 saturated carbocycles. The van der Waals surface area contributed by atoms with Gasteiger partial charge in [-0.1, -0.05) is 0 Å². The topological polar surface area (TPSA) is 106 Å². The fourth-order valence-electron chi connectivity index (χ4n) is 2.62. The van der Waals surface area contributed by atoms with Crippen LogP contribution < -0.4 is 0 Å². The van der Waals surface area contributed by atoms with Crippen LogP contribution in [0.3, 0.4) is 0 Å². The number of furan rings is 1. The van der Waals surface area contributed by atoms with Gasteiger partial charge in [-0.15, -0.1) is 0 Å². The van der Waals surface area contributed by atoms with Gasteiger partial charge in [-0.2, -0.15) is 0 Å². The molecule has 0 spiro atoms. The number of carbonyl (C=O) groups is 2. The highest BCUT2D eigenvalue weighted by molar-refractivity contribution is 5.79. The fourth-order valence-corrected chi connectivity index (χ4v) is 2.62. The fraction of sp³-hybridized carbons (Fsp3) is 0.438. The SMILES string of the molecule is Cc1oc(-c2ccco2)nc1CC(=O)N1CCO[C@H](CC(=O)O)C1. The lowest BCUT2D eigenvalue weighted by Crippen LogP contribution is -2.46. The second-order valence-corrected chi connectivity index (χ2v) is 5.61. The van der Waals surface area contributed by atoms with Crippen LogP contribution in [-0.4, -0.2) is 52.7 Å². The van der Waals surface area contributed by atoms with Gasteiger partial charge in [-0.25, -0.2) is 4.98 Å². The van der Waals surface area contributed by atoms with E-state index in [1.54, 1.807) is 24.0 Å². The van der Waals surface area contributed by atoms with Crippen molar-refractivity contribution in [3.8, 4) is 11.7 Å². The number of aliphatic carboxylic acids is 1. The number of carboxylic acids is 1. The number of hydrogen-bond acceptors (Lipinski definition) is 6. The highest BCUT2D eigenvalue weighted by atomic mass is 16.5. The minimum Gasteiger partial charge on any atom is -0.481 e. The number of oxazole rings is 1. The zero-order valence-electron chi connectivity index (χ0n) is 13.2. The number of aryl methyl sites for hydroxylation is 1. The molecule has 0 aromatic carbocycles. The van der Waals surface area contributed by atoms with Gasteiger partial charge in [0.2, 0.25) is 5.91 Å². The zero-order chi connectivity index (χ0) is 17.1. The first-order valence-corrected chi connectivity index (χ1v) is 7.64. The third-order valence-electron chi connectivity index (χ3n) is 3.84. The van der Waals surface area contributed by atoms with E-state index < -0.39 is 12.1 Å². The lowest BCUT2D eigenvalue weighted by atomic mass is 10.2. The van der Waals surface area contributed by atoms with E-state index in [0.29, 0.717) is 36.3 Å². The van der Waals surface area contributed by atoms with E-state index in [0.717, 1.165) is 0 Å². The van der Waals surface area contributed by atoms with Gasteiger partial charge in [0.25, 0.3) is 5.89 Å². The van der Waals surface area contributed by atoms with E-state index in [-0.39, 0.29) is 25.3 Å². The number of morpholine rings is 1. The van der Waals surface area contributed by atoms with E-state index in [1.165, 1.54) is 6.26 Å². The summed E-state index contributed by atoms with van der Waals surface area (Å²) in [6, 6.07) is 3.46. The average Bonchev–Trinajstić information content (AvgIpc) is 3.17.